The minimum Gasteiger partial charge on any atom is -0.486 e. The molecule has 1 unspecified atom stereocenters. The number of hydrogen-bond donors (Lipinski definition) is 1. The molecule has 8 heteroatoms. The molecule has 0 fully saturated rings. The Morgan fingerprint density at radius 3 is 2.57 bits per heavy atom. The van der Waals surface area contributed by atoms with E-state index in [1.54, 1.807) is 0 Å². The number of nitrogens with zero attached hydrogens (tertiary/aromatic N) is 3. The molecule has 144 valence electrons. The van der Waals surface area contributed by atoms with Gasteiger partial charge >= 0.3 is 6.18 Å². The number of ether oxygens (including phenoxy) is 1. The average molecular weight is 386 g/mol. The average Bonchev–Trinajstić information content (AvgIpc) is 3.16. The normalized spacial score (nSPS) is 12.4. The number of alkyl halides is 3. The van der Waals surface area contributed by atoms with Crippen LogP contribution < -0.4 is 4.74 Å². The molecule has 5 nitrogen and oxygen atoms in total. The standard InChI is InChI=1S/C20H17F3N4O/c1-2-6-18(13-7-4-3-5-8-13)28-16-10-14(9-15(11-16)20(21,22)23)19-17(12-24)25-27-26-19/h3-5,7-11,18H,2,6H2,1H3,(H,25,26,27). The van der Waals surface area contributed by atoms with E-state index < -0.39 is 17.8 Å². The summed E-state index contributed by atoms with van der Waals surface area (Å²) in [5.41, 5.74) is 0.139. The van der Waals surface area contributed by atoms with Crippen LogP contribution in [0.1, 0.15) is 42.7 Å². The van der Waals surface area contributed by atoms with Gasteiger partial charge in [-0.05, 0) is 30.2 Å². The number of halogens is 3. The zero-order valence-electron chi connectivity index (χ0n) is 15.0. The highest BCUT2D eigenvalue weighted by molar-refractivity contribution is 5.67. The SMILES string of the molecule is CCCC(Oc1cc(-c2nn[nH]c2C#N)cc(C(F)(F)F)c1)c1ccccc1. The largest absolute Gasteiger partial charge is 0.486 e. The molecule has 0 aliphatic rings. The van der Waals surface area contributed by atoms with Gasteiger partial charge < -0.3 is 4.74 Å². The molecule has 1 atom stereocenters. The molecule has 0 aliphatic heterocycles. The van der Waals surface area contributed by atoms with Gasteiger partial charge in [0.05, 0.1) is 5.56 Å². The second kappa shape index (κ2) is 8.13. The van der Waals surface area contributed by atoms with Crippen LogP contribution in [0, 0.1) is 11.3 Å². The lowest BCUT2D eigenvalue weighted by atomic mass is 10.0. The lowest BCUT2D eigenvalue weighted by molar-refractivity contribution is -0.137. The lowest BCUT2D eigenvalue weighted by Gasteiger charge is -2.20. The van der Waals surface area contributed by atoms with Crippen LogP contribution >= 0.6 is 0 Å². The van der Waals surface area contributed by atoms with Crippen molar-refractivity contribution >= 4 is 0 Å². The van der Waals surface area contributed by atoms with Crippen LogP contribution in [0.5, 0.6) is 5.75 Å². The highest BCUT2D eigenvalue weighted by Crippen LogP contribution is 2.37. The summed E-state index contributed by atoms with van der Waals surface area (Å²) in [7, 11) is 0. The second-order valence-electron chi connectivity index (χ2n) is 6.20. The van der Waals surface area contributed by atoms with E-state index in [9.17, 15) is 13.2 Å². The van der Waals surface area contributed by atoms with Gasteiger partial charge in [-0.15, -0.1) is 5.10 Å². The summed E-state index contributed by atoms with van der Waals surface area (Å²) in [4.78, 5) is 0. The molecule has 1 heterocycles. The fourth-order valence-corrected chi connectivity index (χ4v) is 2.86. The topological polar surface area (TPSA) is 74.6 Å². The highest BCUT2D eigenvalue weighted by atomic mass is 19.4. The minimum absolute atomic E-state index is 0.0153. The maximum atomic E-state index is 13.4. The molecule has 0 radical (unpaired) electrons. The molecule has 0 amide bonds. The van der Waals surface area contributed by atoms with Crippen LogP contribution in [-0.2, 0) is 6.18 Å². The zero-order chi connectivity index (χ0) is 20.1. The molecule has 0 spiro atoms. The Hall–Kier alpha value is -3.34. The third-order valence-electron chi connectivity index (χ3n) is 4.17. The van der Waals surface area contributed by atoms with Gasteiger partial charge in [-0.3, -0.25) is 0 Å². The first-order valence-corrected chi connectivity index (χ1v) is 8.67. The Balaban J connectivity index is 2.04. The summed E-state index contributed by atoms with van der Waals surface area (Å²) >= 11 is 0. The van der Waals surface area contributed by atoms with Gasteiger partial charge in [-0.2, -0.15) is 18.4 Å². The number of benzene rings is 2. The van der Waals surface area contributed by atoms with E-state index in [4.69, 9.17) is 10.00 Å². The predicted molar refractivity (Wildman–Crippen MR) is 96.3 cm³/mol. The number of H-pyrrole nitrogens is 1. The quantitative estimate of drug-likeness (QED) is 0.625. The molecule has 0 bridgehead atoms. The molecular weight excluding hydrogens is 369 g/mol. The second-order valence-corrected chi connectivity index (χ2v) is 6.20. The predicted octanol–water partition coefficient (Wildman–Crippen LogP) is 5.28. The molecule has 1 aromatic heterocycles. The van der Waals surface area contributed by atoms with E-state index in [2.05, 4.69) is 15.4 Å². The summed E-state index contributed by atoms with van der Waals surface area (Å²) < 4.78 is 46.2. The molecule has 1 N–H and O–H groups in total. The summed E-state index contributed by atoms with van der Waals surface area (Å²) in [6.07, 6.45) is -3.52. The molecule has 2 aromatic carbocycles. The summed E-state index contributed by atoms with van der Waals surface area (Å²) in [5.74, 6) is 0.0546. The van der Waals surface area contributed by atoms with Crippen molar-refractivity contribution in [3.8, 4) is 23.1 Å². The third-order valence-corrected chi connectivity index (χ3v) is 4.17. The van der Waals surface area contributed by atoms with E-state index in [0.29, 0.717) is 6.42 Å². The van der Waals surface area contributed by atoms with Crippen molar-refractivity contribution in [1.29, 1.82) is 5.26 Å². The molecule has 0 saturated heterocycles. The fourth-order valence-electron chi connectivity index (χ4n) is 2.86. The third kappa shape index (κ3) is 4.31. The minimum atomic E-state index is -4.57. The van der Waals surface area contributed by atoms with E-state index in [0.717, 1.165) is 24.1 Å². The number of nitrogens with one attached hydrogen (secondary N) is 1. The number of hydrogen-bond acceptors (Lipinski definition) is 4. The Labute approximate surface area is 159 Å². The van der Waals surface area contributed by atoms with Gasteiger partial charge in [-0.1, -0.05) is 48.9 Å². The Morgan fingerprint density at radius 2 is 1.93 bits per heavy atom. The molecular formula is C20H17F3N4O. The maximum Gasteiger partial charge on any atom is 0.416 e. The number of nitriles is 1. The van der Waals surface area contributed by atoms with Crippen LogP contribution in [0.25, 0.3) is 11.3 Å². The monoisotopic (exact) mass is 386 g/mol. The van der Waals surface area contributed by atoms with Crippen LogP contribution in [0.15, 0.2) is 48.5 Å². The summed E-state index contributed by atoms with van der Waals surface area (Å²) in [6.45, 7) is 1.98. The molecule has 3 aromatic rings. The van der Waals surface area contributed by atoms with Gasteiger partial charge in [-0.25, -0.2) is 5.10 Å². The maximum absolute atomic E-state index is 13.4. The van der Waals surface area contributed by atoms with Crippen molar-refractivity contribution in [2.45, 2.75) is 32.0 Å². The van der Waals surface area contributed by atoms with Crippen molar-refractivity contribution in [2.24, 2.45) is 0 Å². The first kappa shape index (κ1) is 19.4. The van der Waals surface area contributed by atoms with Gasteiger partial charge in [0.15, 0.2) is 5.69 Å². The number of rotatable bonds is 6. The summed E-state index contributed by atoms with van der Waals surface area (Å²) in [5, 5.41) is 18.7. The van der Waals surface area contributed by atoms with Crippen LogP contribution in [0.3, 0.4) is 0 Å². The Morgan fingerprint density at radius 1 is 1.18 bits per heavy atom. The molecule has 0 saturated carbocycles. The number of aromatic amines is 1. The van der Waals surface area contributed by atoms with Crippen molar-refractivity contribution in [3.05, 3.63) is 65.4 Å². The molecule has 28 heavy (non-hydrogen) atoms. The van der Waals surface area contributed by atoms with Gasteiger partial charge in [0.1, 0.15) is 23.6 Å². The van der Waals surface area contributed by atoms with Crippen molar-refractivity contribution in [2.75, 3.05) is 0 Å². The van der Waals surface area contributed by atoms with Crippen molar-refractivity contribution in [3.63, 3.8) is 0 Å². The van der Waals surface area contributed by atoms with Gasteiger partial charge in [0, 0.05) is 5.56 Å². The van der Waals surface area contributed by atoms with Gasteiger partial charge in [0.25, 0.3) is 0 Å². The van der Waals surface area contributed by atoms with E-state index in [-0.39, 0.29) is 22.7 Å². The zero-order valence-corrected chi connectivity index (χ0v) is 15.0. The van der Waals surface area contributed by atoms with E-state index in [1.165, 1.54) is 6.07 Å². The van der Waals surface area contributed by atoms with Crippen molar-refractivity contribution in [1.82, 2.24) is 15.4 Å². The lowest BCUT2D eigenvalue weighted by Crippen LogP contribution is -2.10. The Bertz CT molecular complexity index is 977. The van der Waals surface area contributed by atoms with E-state index >= 15 is 0 Å². The molecule has 3 rings (SSSR count). The van der Waals surface area contributed by atoms with Crippen LogP contribution in [0.2, 0.25) is 0 Å². The first-order valence-electron chi connectivity index (χ1n) is 8.67. The fraction of sp³-hybridized carbons (Fsp3) is 0.250. The van der Waals surface area contributed by atoms with E-state index in [1.807, 2.05) is 43.3 Å². The smallest absolute Gasteiger partial charge is 0.416 e. The van der Waals surface area contributed by atoms with Crippen LogP contribution in [0.4, 0.5) is 13.2 Å². The number of aromatic nitrogens is 3. The highest BCUT2D eigenvalue weighted by Gasteiger charge is 2.32. The van der Waals surface area contributed by atoms with Crippen LogP contribution in [-0.4, -0.2) is 15.4 Å². The molecule has 0 aliphatic carbocycles. The van der Waals surface area contributed by atoms with Gasteiger partial charge in [0.2, 0.25) is 0 Å². The summed E-state index contributed by atoms with van der Waals surface area (Å²) in [6, 6.07) is 14.5. The first-order chi connectivity index (χ1) is 13.4. The Kier molecular flexibility index (Phi) is 5.64. The van der Waals surface area contributed by atoms with Crippen molar-refractivity contribution < 1.29 is 17.9 Å².